The second-order valence-corrected chi connectivity index (χ2v) is 5.41. The number of likely N-dealkylation sites (N-methyl/N-ethyl adjacent to an activating group) is 1. The van der Waals surface area contributed by atoms with Crippen molar-refractivity contribution in [1.82, 2.24) is 15.2 Å². The third-order valence-corrected chi connectivity index (χ3v) is 4.10. The fourth-order valence-electron chi connectivity index (χ4n) is 2.92. The molecule has 0 saturated carbocycles. The minimum atomic E-state index is 0.464. The first-order chi connectivity index (χ1) is 8.66. The van der Waals surface area contributed by atoms with Crippen LogP contribution in [0.5, 0.6) is 0 Å². The summed E-state index contributed by atoms with van der Waals surface area (Å²) in [5.74, 6) is 0. The van der Waals surface area contributed by atoms with Crippen LogP contribution in [0.15, 0.2) is 18.2 Å². The number of nitrogens with one attached hydrogen (secondary N) is 2. The molecule has 1 aliphatic heterocycles. The summed E-state index contributed by atoms with van der Waals surface area (Å²) >= 11 is 0. The van der Waals surface area contributed by atoms with Gasteiger partial charge in [0.2, 0.25) is 0 Å². The van der Waals surface area contributed by atoms with Crippen LogP contribution >= 0.6 is 0 Å². The van der Waals surface area contributed by atoms with Gasteiger partial charge in [0.15, 0.2) is 0 Å². The number of hydrogen-bond acceptors (Lipinski definition) is 2. The average Bonchev–Trinajstić information content (AvgIpc) is 2.68. The third kappa shape index (κ3) is 1.84. The topological polar surface area (TPSA) is 31.1 Å². The molecular weight excluding hydrogens is 222 g/mol. The summed E-state index contributed by atoms with van der Waals surface area (Å²) in [4.78, 5) is 6.04. The Morgan fingerprint density at radius 2 is 2.11 bits per heavy atom. The first-order valence-electron chi connectivity index (χ1n) is 6.66. The molecule has 0 spiro atoms. The molecule has 0 amide bonds. The molecule has 0 aliphatic carbocycles. The molecule has 2 heterocycles. The maximum atomic E-state index is 3.61. The van der Waals surface area contributed by atoms with Gasteiger partial charge in [-0.3, -0.25) is 4.90 Å². The fraction of sp³-hybridized carbons (Fsp3) is 0.467. The van der Waals surface area contributed by atoms with E-state index in [2.05, 4.69) is 54.3 Å². The SMILES string of the molecule is Cc1ccc2[nH]c(C3CNCCN3C)c(C)c2c1. The lowest BCUT2D eigenvalue weighted by atomic mass is 10.0. The molecule has 0 bridgehead atoms. The van der Waals surface area contributed by atoms with E-state index in [-0.39, 0.29) is 0 Å². The van der Waals surface area contributed by atoms with Gasteiger partial charge in [-0.15, -0.1) is 0 Å². The molecule has 3 nitrogen and oxygen atoms in total. The van der Waals surface area contributed by atoms with Crippen molar-refractivity contribution in [3.05, 3.63) is 35.0 Å². The molecule has 1 aromatic carbocycles. The summed E-state index contributed by atoms with van der Waals surface area (Å²) in [7, 11) is 2.21. The van der Waals surface area contributed by atoms with Crippen molar-refractivity contribution in [2.24, 2.45) is 0 Å². The van der Waals surface area contributed by atoms with Crippen molar-refractivity contribution < 1.29 is 0 Å². The van der Waals surface area contributed by atoms with E-state index in [4.69, 9.17) is 0 Å². The summed E-state index contributed by atoms with van der Waals surface area (Å²) in [5.41, 5.74) is 5.35. The number of benzene rings is 1. The highest BCUT2D eigenvalue weighted by Crippen LogP contribution is 2.29. The third-order valence-electron chi connectivity index (χ3n) is 4.10. The van der Waals surface area contributed by atoms with Crippen molar-refractivity contribution in [3.8, 4) is 0 Å². The van der Waals surface area contributed by atoms with Crippen LogP contribution in [0.2, 0.25) is 0 Å². The number of aromatic nitrogens is 1. The van der Waals surface area contributed by atoms with Gasteiger partial charge < -0.3 is 10.3 Å². The fourth-order valence-corrected chi connectivity index (χ4v) is 2.92. The van der Waals surface area contributed by atoms with E-state index in [1.54, 1.807) is 0 Å². The Kier molecular flexibility index (Phi) is 2.88. The molecule has 1 aromatic heterocycles. The number of aryl methyl sites for hydroxylation is 2. The number of aromatic amines is 1. The number of piperazine rings is 1. The average molecular weight is 243 g/mol. The summed E-state index contributed by atoms with van der Waals surface area (Å²) in [5, 5.41) is 4.85. The van der Waals surface area contributed by atoms with Crippen LogP contribution < -0.4 is 5.32 Å². The lowest BCUT2D eigenvalue weighted by Gasteiger charge is -2.33. The second kappa shape index (κ2) is 4.41. The van der Waals surface area contributed by atoms with Crippen molar-refractivity contribution in [3.63, 3.8) is 0 Å². The molecule has 1 saturated heterocycles. The van der Waals surface area contributed by atoms with Crippen molar-refractivity contribution in [1.29, 1.82) is 0 Å². The van der Waals surface area contributed by atoms with Gasteiger partial charge in [0.25, 0.3) is 0 Å². The van der Waals surface area contributed by atoms with Gasteiger partial charge in [-0.1, -0.05) is 11.6 Å². The van der Waals surface area contributed by atoms with Crippen LogP contribution in [0, 0.1) is 13.8 Å². The number of H-pyrrole nitrogens is 1. The van der Waals surface area contributed by atoms with Gasteiger partial charge in [-0.25, -0.2) is 0 Å². The molecule has 2 N–H and O–H groups in total. The van der Waals surface area contributed by atoms with E-state index in [0.717, 1.165) is 19.6 Å². The minimum Gasteiger partial charge on any atom is -0.357 e. The van der Waals surface area contributed by atoms with Crippen molar-refractivity contribution in [2.75, 3.05) is 26.7 Å². The molecule has 3 heteroatoms. The Balaban J connectivity index is 2.08. The monoisotopic (exact) mass is 243 g/mol. The first-order valence-corrected chi connectivity index (χ1v) is 6.66. The lowest BCUT2D eigenvalue weighted by molar-refractivity contribution is 0.198. The highest BCUT2D eigenvalue weighted by Gasteiger charge is 2.24. The van der Waals surface area contributed by atoms with Gasteiger partial charge in [-0.2, -0.15) is 0 Å². The van der Waals surface area contributed by atoms with Crippen LogP contribution in [0.25, 0.3) is 10.9 Å². The van der Waals surface area contributed by atoms with Crippen molar-refractivity contribution in [2.45, 2.75) is 19.9 Å². The quantitative estimate of drug-likeness (QED) is 0.805. The zero-order valence-corrected chi connectivity index (χ0v) is 11.4. The Bertz CT molecular complexity index is 570. The van der Waals surface area contributed by atoms with Gasteiger partial charge in [0, 0.05) is 36.2 Å². The molecule has 1 atom stereocenters. The smallest absolute Gasteiger partial charge is 0.0625 e. The molecule has 18 heavy (non-hydrogen) atoms. The van der Waals surface area contributed by atoms with E-state index in [0.29, 0.717) is 6.04 Å². The molecule has 1 unspecified atom stereocenters. The van der Waals surface area contributed by atoms with E-state index >= 15 is 0 Å². The molecular formula is C15H21N3. The van der Waals surface area contributed by atoms with Gasteiger partial charge in [0.05, 0.1) is 6.04 Å². The van der Waals surface area contributed by atoms with Crippen LogP contribution in [-0.4, -0.2) is 36.6 Å². The van der Waals surface area contributed by atoms with Crippen LogP contribution in [0.1, 0.15) is 22.9 Å². The molecule has 2 aromatic rings. The summed E-state index contributed by atoms with van der Waals surface area (Å²) in [6.45, 7) is 7.61. The molecule has 1 fully saturated rings. The summed E-state index contributed by atoms with van der Waals surface area (Å²) < 4.78 is 0. The zero-order chi connectivity index (χ0) is 12.7. The number of nitrogens with zero attached hydrogens (tertiary/aromatic N) is 1. The Morgan fingerprint density at radius 3 is 2.89 bits per heavy atom. The highest BCUT2D eigenvalue weighted by atomic mass is 15.2. The van der Waals surface area contributed by atoms with Gasteiger partial charge >= 0.3 is 0 Å². The van der Waals surface area contributed by atoms with E-state index < -0.39 is 0 Å². The van der Waals surface area contributed by atoms with Crippen LogP contribution in [0.4, 0.5) is 0 Å². The Labute approximate surface area is 108 Å². The number of rotatable bonds is 1. The van der Waals surface area contributed by atoms with Crippen LogP contribution in [0.3, 0.4) is 0 Å². The van der Waals surface area contributed by atoms with Crippen molar-refractivity contribution >= 4 is 10.9 Å². The standard InChI is InChI=1S/C15H21N3/c1-10-4-5-13-12(8-10)11(2)15(17-13)14-9-16-6-7-18(14)3/h4-5,8,14,16-17H,6-7,9H2,1-3H3. The van der Waals surface area contributed by atoms with E-state index in [1.165, 1.54) is 27.7 Å². The first kappa shape index (κ1) is 11.8. The van der Waals surface area contributed by atoms with E-state index in [1.807, 2.05) is 0 Å². The second-order valence-electron chi connectivity index (χ2n) is 5.41. The highest BCUT2D eigenvalue weighted by molar-refractivity contribution is 5.85. The van der Waals surface area contributed by atoms with Crippen LogP contribution in [-0.2, 0) is 0 Å². The van der Waals surface area contributed by atoms with E-state index in [9.17, 15) is 0 Å². The lowest BCUT2D eigenvalue weighted by Crippen LogP contribution is -2.44. The predicted molar refractivity (Wildman–Crippen MR) is 76.0 cm³/mol. The minimum absolute atomic E-state index is 0.464. The predicted octanol–water partition coefficient (Wildman–Crippen LogP) is 2.36. The Morgan fingerprint density at radius 1 is 1.28 bits per heavy atom. The number of fused-ring (bicyclic) bond motifs is 1. The van der Waals surface area contributed by atoms with Gasteiger partial charge in [-0.05, 0) is 38.6 Å². The zero-order valence-electron chi connectivity index (χ0n) is 11.4. The molecule has 96 valence electrons. The molecule has 1 aliphatic rings. The maximum absolute atomic E-state index is 3.61. The molecule has 3 rings (SSSR count). The normalized spacial score (nSPS) is 21.6. The summed E-state index contributed by atoms with van der Waals surface area (Å²) in [6.07, 6.45) is 0. The van der Waals surface area contributed by atoms with Gasteiger partial charge in [0.1, 0.15) is 0 Å². The summed E-state index contributed by atoms with van der Waals surface area (Å²) in [6, 6.07) is 7.11. The largest absolute Gasteiger partial charge is 0.357 e. The maximum Gasteiger partial charge on any atom is 0.0625 e. The Hall–Kier alpha value is -1.32. The number of hydrogen-bond donors (Lipinski definition) is 2. The molecule has 0 radical (unpaired) electrons.